The molecule has 0 saturated heterocycles. The van der Waals surface area contributed by atoms with E-state index < -0.39 is 0 Å². The smallest absolute Gasteiger partial charge is 0.164 e. The highest BCUT2D eigenvalue weighted by Gasteiger charge is 2.02. The first-order chi connectivity index (χ1) is 4.84. The largest absolute Gasteiger partial charge is 0.294 e. The SMILES string of the molecule is O=C(CCBr)c1ccsc1. The van der Waals surface area contributed by atoms with Crippen LogP contribution in [0.2, 0.25) is 0 Å². The molecule has 1 rings (SSSR count). The van der Waals surface area contributed by atoms with Crippen molar-refractivity contribution in [2.45, 2.75) is 6.42 Å². The number of carbonyl (C=O) groups excluding carboxylic acids is 1. The van der Waals surface area contributed by atoms with E-state index in [-0.39, 0.29) is 5.78 Å². The molecular weight excluding hydrogens is 212 g/mol. The first-order valence-electron chi connectivity index (χ1n) is 2.96. The summed E-state index contributed by atoms with van der Waals surface area (Å²) in [6.07, 6.45) is 0.594. The molecule has 54 valence electrons. The van der Waals surface area contributed by atoms with Crippen LogP contribution in [0.4, 0.5) is 0 Å². The lowest BCUT2D eigenvalue weighted by Crippen LogP contribution is -1.96. The topological polar surface area (TPSA) is 17.1 Å². The van der Waals surface area contributed by atoms with Gasteiger partial charge in [0.15, 0.2) is 5.78 Å². The lowest BCUT2D eigenvalue weighted by Gasteiger charge is -1.90. The molecule has 3 heteroatoms. The standard InChI is InChI=1S/C7H7BrOS/c8-3-1-7(9)6-2-4-10-5-6/h2,4-5H,1,3H2. The fourth-order valence-electron chi connectivity index (χ4n) is 0.653. The molecule has 0 amide bonds. The number of rotatable bonds is 3. The zero-order valence-corrected chi connectivity index (χ0v) is 7.74. The van der Waals surface area contributed by atoms with Gasteiger partial charge in [-0.25, -0.2) is 0 Å². The molecule has 0 saturated carbocycles. The van der Waals surface area contributed by atoms with E-state index in [9.17, 15) is 4.79 Å². The van der Waals surface area contributed by atoms with E-state index in [1.54, 1.807) is 11.3 Å². The van der Waals surface area contributed by atoms with E-state index in [2.05, 4.69) is 15.9 Å². The first kappa shape index (κ1) is 7.95. The van der Waals surface area contributed by atoms with Gasteiger partial charge in [0.05, 0.1) is 0 Å². The first-order valence-corrected chi connectivity index (χ1v) is 5.02. The van der Waals surface area contributed by atoms with Crippen molar-refractivity contribution in [3.05, 3.63) is 22.4 Å². The van der Waals surface area contributed by atoms with Crippen molar-refractivity contribution in [2.24, 2.45) is 0 Å². The Bertz CT molecular complexity index is 205. The summed E-state index contributed by atoms with van der Waals surface area (Å²) in [5.41, 5.74) is 0.837. The fourth-order valence-corrected chi connectivity index (χ4v) is 1.67. The highest BCUT2D eigenvalue weighted by atomic mass is 79.9. The van der Waals surface area contributed by atoms with Gasteiger partial charge in [-0.3, -0.25) is 4.79 Å². The van der Waals surface area contributed by atoms with Gasteiger partial charge in [-0.05, 0) is 11.4 Å². The molecule has 0 spiro atoms. The molecule has 1 aromatic heterocycles. The third-order valence-corrected chi connectivity index (χ3v) is 2.24. The van der Waals surface area contributed by atoms with Crippen LogP contribution < -0.4 is 0 Å². The Morgan fingerprint density at radius 3 is 3.00 bits per heavy atom. The number of carbonyl (C=O) groups is 1. The van der Waals surface area contributed by atoms with Gasteiger partial charge in [-0.15, -0.1) is 0 Å². The predicted molar refractivity (Wildman–Crippen MR) is 47.1 cm³/mol. The number of ketones is 1. The number of halogens is 1. The Labute approximate surface area is 72.2 Å². The summed E-state index contributed by atoms with van der Waals surface area (Å²) in [4.78, 5) is 11.1. The van der Waals surface area contributed by atoms with Crippen LogP contribution in [0.25, 0.3) is 0 Å². The molecule has 0 bridgehead atoms. The second-order valence-corrected chi connectivity index (χ2v) is 3.45. The summed E-state index contributed by atoms with van der Waals surface area (Å²) in [5, 5.41) is 4.55. The quantitative estimate of drug-likeness (QED) is 0.564. The van der Waals surface area contributed by atoms with E-state index in [1.165, 1.54) is 0 Å². The molecule has 10 heavy (non-hydrogen) atoms. The predicted octanol–water partition coefficient (Wildman–Crippen LogP) is 2.72. The van der Waals surface area contributed by atoms with Crippen molar-refractivity contribution >= 4 is 33.0 Å². The van der Waals surface area contributed by atoms with Gasteiger partial charge >= 0.3 is 0 Å². The maximum atomic E-state index is 11.1. The highest BCUT2D eigenvalue weighted by Crippen LogP contribution is 2.08. The number of thiophene rings is 1. The van der Waals surface area contributed by atoms with Gasteiger partial charge in [0, 0.05) is 22.7 Å². The van der Waals surface area contributed by atoms with Crippen molar-refractivity contribution < 1.29 is 4.79 Å². The average molecular weight is 219 g/mol. The van der Waals surface area contributed by atoms with Crippen LogP contribution in [0.1, 0.15) is 16.8 Å². The molecular formula is C7H7BrOS. The van der Waals surface area contributed by atoms with Crippen LogP contribution in [-0.2, 0) is 0 Å². The van der Waals surface area contributed by atoms with Crippen molar-refractivity contribution in [1.82, 2.24) is 0 Å². The summed E-state index contributed by atoms with van der Waals surface area (Å²) in [7, 11) is 0. The normalized spacial score (nSPS) is 9.70. The van der Waals surface area contributed by atoms with Gasteiger partial charge < -0.3 is 0 Å². The van der Waals surface area contributed by atoms with Crippen LogP contribution in [0.5, 0.6) is 0 Å². The summed E-state index contributed by atoms with van der Waals surface area (Å²) in [6, 6.07) is 1.86. The van der Waals surface area contributed by atoms with E-state index in [1.807, 2.05) is 16.8 Å². The molecule has 0 fully saturated rings. The third kappa shape index (κ3) is 1.92. The van der Waals surface area contributed by atoms with Gasteiger partial charge in [-0.1, -0.05) is 15.9 Å². The summed E-state index contributed by atoms with van der Waals surface area (Å²) >= 11 is 4.78. The van der Waals surface area contributed by atoms with Crippen molar-refractivity contribution in [1.29, 1.82) is 0 Å². The second-order valence-electron chi connectivity index (χ2n) is 1.87. The van der Waals surface area contributed by atoms with E-state index >= 15 is 0 Å². The van der Waals surface area contributed by atoms with Crippen LogP contribution in [0, 0.1) is 0 Å². The molecule has 0 aliphatic heterocycles. The van der Waals surface area contributed by atoms with Crippen LogP contribution >= 0.6 is 27.3 Å². The maximum Gasteiger partial charge on any atom is 0.164 e. The lowest BCUT2D eigenvalue weighted by atomic mass is 10.2. The molecule has 1 nitrogen and oxygen atoms in total. The minimum absolute atomic E-state index is 0.220. The molecule has 0 atom stereocenters. The van der Waals surface area contributed by atoms with Gasteiger partial charge in [0.2, 0.25) is 0 Å². The van der Waals surface area contributed by atoms with Crippen molar-refractivity contribution in [3.63, 3.8) is 0 Å². The van der Waals surface area contributed by atoms with Gasteiger partial charge in [-0.2, -0.15) is 11.3 Å². The molecule has 0 aliphatic carbocycles. The number of hydrogen-bond acceptors (Lipinski definition) is 2. The Hall–Kier alpha value is -0.150. The zero-order chi connectivity index (χ0) is 7.40. The Morgan fingerprint density at radius 1 is 1.70 bits per heavy atom. The lowest BCUT2D eigenvalue weighted by molar-refractivity contribution is 0.0990. The summed E-state index contributed by atoms with van der Waals surface area (Å²) in [6.45, 7) is 0. The summed E-state index contributed by atoms with van der Waals surface area (Å²) in [5.74, 6) is 0.220. The monoisotopic (exact) mass is 218 g/mol. The number of hydrogen-bond donors (Lipinski definition) is 0. The molecule has 1 heterocycles. The van der Waals surface area contributed by atoms with Crippen molar-refractivity contribution in [2.75, 3.05) is 5.33 Å². The molecule has 1 aromatic rings. The van der Waals surface area contributed by atoms with Gasteiger partial charge in [0.25, 0.3) is 0 Å². The average Bonchev–Trinajstić information content (AvgIpc) is 2.38. The number of alkyl halides is 1. The van der Waals surface area contributed by atoms with E-state index in [0.717, 1.165) is 10.9 Å². The van der Waals surface area contributed by atoms with E-state index in [0.29, 0.717) is 6.42 Å². The Kier molecular flexibility index (Phi) is 3.09. The maximum absolute atomic E-state index is 11.1. The Morgan fingerprint density at radius 2 is 2.50 bits per heavy atom. The van der Waals surface area contributed by atoms with Gasteiger partial charge in [0.1, 0.15) is 0 Å². The van der Waals surface area contributed by atoms with Crippen molar-refractivity contribution in [3.8, 4) is 0 Å². The minimum Gasteiger partial charge on any atom is -0.294 e. The van der Waals surface area contributed by atoms with Crippen LogP contribution in [0.3, 0.4) is 0 Å². The summed E-state index contributed by atoms with van der Waals surface area (Å²) < 4.78 is 0. The molecule has 0 radical (unpaired) electrons. The second kappa shape index (κ2) is 3.88. The number of Topliss-reactive ketones (excluding diaryl/α,β-unsaturated/α-hetero) is 1. The highest BCUT2D eigenvalue weighted by molar-refractivity contribution is 9.09. The third-order valence-electron chi connectivity index (χ3n) is 1.16. The fraction of sp³-hybridized carbons (Fsp3) is 0.286. The van der Waals surface area contributed by atoms with Crippen LogP contribution in [-0.4, -0.2) is 11.1 Å². The molecule has 0 N–H and O–H groups in total. The molecule has 0 aliphatic rings. The molecule has 0 unspecified atom stereocenters. The van der Waals surface area contributed by atoms with Crippen LogP contribution in [0.15, 0.2) is 16.8 Å². The zero-order valence-electron chi connectivity index (χ0n) is 5.34. The molecule has 0 aromatic carbocycles. The van der Waals surface area contributed by atoms with E-state index in [4.69, 9.17) is 0 Å². The Balaban J connectivity index is 2.59. The minimum atomic E-state index is 0.220.